The molecule has 20 heavy (non-hydrogen) atoms. The molecule has 3 N–H and O–H groups in total. The van der Waals surface area contributed by atoms with E-state index in [1.54, 1.807) is 0 Å². The van der Waals surface area contributed by atoms with Gasteiger partial charge in [0.1, 0.15) is 0 Å². The smallest absolute Gasteiger partial charge is 0.0876 e. The largest absolute Gasteiger partial charge is 0.501 e. The summed E-state index contributed by atoms with van der Waals surface area (Å²) in [6.07, 6.45) is 5.18. The van der Waals surface area contributed by atoms with Gasteiger partial charge in [0.2, 0.25) is 0 Å². The van der Waals surface area contributed by atoms with Crippen molar-refractivity contribution < 1.29 is 4.74 Å². The van der Waals surface area contributed by atoms with Crippen LogP contribution in [0.2, 0.25) is 0 Å². The Morgan fingerprint density at radius 1 is 1.30 bits per heavy atom. The SMILES string of the molecule is CCC(C)C(c1ccccc1)C(NN)C1=COCCC1. The van der Waals surface area contributed by atoms with Crippen LogP contribution in [0.15, 0.2) is 42.2 Å². The molecule has 1 aromatic rings. The van der Waals surface area contributed by atoms with Crippen LogP contribution in [0.25, 0.3) is 0 Å². The molecular weight excluding hydrogens is 248 g/mol. The normalized spacial score (nSPS) is 19.6. The molecule has 1 aliphatic rings. The molecule has 0 aromatic heterocycles. The number of benzene rings is 1. The highest BCUT2D eigenvalue weighted by Crippen LogP contribution is 2.34. The fourth-order valence-electron chi connectivity index (χ4n) is 3.03. The molecule has 3 atom stereocenters. The minimum absolute atomic E-state index is 0.146. The van der Waals surface area contributed by atoms with Crippen LogP contribution in [0.4, 0.5) is 0 Å². The zero-order valence-electron chi connectivity index (χ0n) is 12.5. The van der Waals surface area contributed by atoms with E-state index >= 15 is 0 Å². The molecular formula is C17H26N2O. The van der Waals surface area contributed by atoms with E-state index in [-0.39, 0.29) is 6.04 Å². The lowest BCUT2D eigenvalue weighted by molar-refractivity contribution is 0.214. The van der Waals surface area contributed by atoms with E-state index in [2.05, 4.69) is 49.6 Å². The molecule has 1 heterocycles. The van der Waals surface area contributed by atoms with Crippen LogP contribution in [-0.4, -0.2) is 12.6 Å². The molecule has 0 radical (unpaired) electrons. The fourth-order valence-corrected chi connectivity index (χ4v) is 3.03. The average molecular weight is 274 g/mol. The Hall–Kier alpha value is -1.32. The third-order valence-electron chi connectivity index (χ3n) is 4.34. The first-order chi connectivity index (χ1) is 9.77. The molecule has 0 aliphatic carbocycles. The minimum Gasteiger partial charge on any atom is -0.501 e. The zero-order chi connectivity index (χ0) is 14.4. The van der Waals surface area contributed by atoms with Gasteiger partial charge in [0, 0.05) is 5.92 Å². The molecule has 3 unspecified atom stereocenters. The molecule has 0 saturated heterocycles. The van der Waals surface area contributed by atoms with E-state index in [0.29, 0.717) is 11.8 Å². The van der Waals surface area contributed by atoms with Gasteiger partial charge in [-0.25, -0.2) is 0 Å². The van der Waals surface area contributed by atoms with Crippen molar-refractivity contribution in [3.8, 4) is 0 Å². The summed E-state index contributed by atoms with van der Waals surface area (Å²) in [5.41, 5.74) is 5.67. The third kappa shape index (κ3) is 3.41. The van der Waals surface area contributed by atoms with Crippen molar-refractivity contribution in [3.63, 3.8) is 0 Å². The number of hydrazine groups is 1. The maximum absolute atomic E-state index is 5.89. The van der Waals surface area contributed by atoms with Gasteiger partial charge in [0.05, 0.1) is 18.9 Å². The van der Waals surface area contributed by atoms with Gasteiger partial charge in [-0.2, -0.15) is 0 Å². The van der Waals surface area contributed by atoms with Crippen molar-refractivity contribution in [1.82, 2.24) is 5.43 Å². The Labute approximate surface area is 122 Å². The lowest BCUT2D eigenvalue weighted by Crippen LogP contribution is -2.43. The number of ether oxygens (including phenoxy) is 1. The minimum atomic E-state index is 0.146. The zero-order valence-corrected chi connectivity index (χ0v) is 12.5. The standard InChI is InChI=1S/C17H26N2O/c1-3-13(2)16(14-8-5-4-6-9-14)17(19-18)15-10-7-11-20-12-15/h4-6,8-9,12-13,16-17,19H,3,7,10-11,18H2,1-2H3. The van der Waals surface area contributed by atoms with E-state index in [0.717, 1.165) is 25.9 Å². The molecule has 0 amide bonds. The van der Waals surface area contributed by atoms with E-state index < -0.39 is 0 Å². The Morgan fingerprint density at radius 3 is 2.60 bits per heavy atom. The van der Waals surface area contributed by atoms with Gasteiger partial charge in [-0.1, -0.05) is 50.6 Å². The van der Waals surface area contributed by atoms with E-state index in [4.69, 9.17) is 10.6 Å². The Kier molecular flexibility index (Phi) is 5.62. The second kappa shape index (κ2) is 7.46. The predicted octanol–water partition coefficient (Wildman–Crippen LogP) is 3.34. The first-order valence-corrected chi connectivity index (χ1v) is 7.59. The highest BCUT2D eigenvalue weighted by molar-refractivity contribution is 5.27. The summed E-state index contributed by atoms with van der Waals surface area (Å²) < 4.78 is 5.51. The summed E-state index contributed by atoms with van der Waals surface area (Å²) in [5, 5.41) is 0. The monoisotopic (exact) mass is 274 g/mol. The van der Waals surface area contributed by atoms with Gasteiger partial charge in [-0.3, -0.25) is 11.3 Å². The second-order valence-corrected chi connectivity index (χ2v) is 5.63. The highest BCUT2D eigenvalue weighted by Gasteiger charge is 2.30. The molecule has 110 valence electrons. The molecule has 0 spiro atoms. The van der Waals surface area contributed by atoms with E-state index in [9.17, 15) is 0 Å². The molecule has 2 rings (SSSR count). The average Bonchev–Trinajstić information content (AvgIpc) is 2.53. The maximum Gasteiger partial charge on any atom is 0.0876 e. The molecule has 3 heteroatoms. The quantitative estimate of drug-likeness (QED) is 0.618. The van der Waals surface area contributed by atoms with Crippen LogP contribution in [0, 0.1) is 5.92 Å². The number of nitrogens with one attached hydrogen (secondary N) is 1. The van der Waals surface area contributed by atoms with Crippen molar-refractivity contribution in [2.45, 2.75) is 45.1 Å². The van der Waals surface area contributed by atoms with Gasteiger partial charge in [-0.15, -0.1) is 0 Å². The number of hydrogen-bond donors (Lipinski definition) is 2. The number of nitrogens with two attached hydrogens (primary N) is 1. The predicted molar refractivity (Wildman–Crippen MR) is 83.0 cm³/mol. The van der Waals surface area contributed by atoms with Crippen molar-refractivity contribution in [3.05, 3.63) is 47.7 Å². The molecule has 1 aliphatic heterocycles. The third-order valence-corrected chi connectivity index (χ3v) is 4.34. The van der Waals surface area contributed by atoms with Gasteiger partial charge in [0.25, 0.3) is 0 Å². The Morgan fingerprint density at radius 2 is 2.05 bits per heavy atom. The van der Waals surface area contributed by atoms with Gasteiger partial charge >= 0.3 is 0 Å². The summed E-state index contributed by atoms with van der Waals surface area (Å²) in [6.45, 7) is 5.35. The van der Waals surface area contributed by atoms with Gasteiger partial charge in [-0.05, 0) is 29.9 Å². The second-order valence-electron chi connectivity index (χ2n) is 5.63. The van der Waals surface area contributed by atoms with Crippen molar-refractivity contribution in [2.24, 2.45) is 11.8 Å². The molecule has 0 fully saturated rings. The van der Waals surface area contributed by atoms with Crippen LogP contribution in [0.1, 0.15) is 44.6 Å². The van der Waals surface area contributed by atoms with E-state index in [1.165, 1.54) is 11.1 Å². The van der Waals surface area contributed by atoms with Crippen LogP contribution < -0.4 is 11.3 Å². The van der Waals surface area contributed by atoms with Gasteiger partial charge in [0.15, 0.2) is 0 Å². The summed E-state index contributed by atoms with van der Waals surface area (Å²) in [6, 6.07) is 10.8. The van der Waals surface area contributed by atoms with Crippen LogP contribution in [0.3, 0.4) is 0 Å². The lowest BCUT2D eigenvalue weighted by Gasteiger charge is -2.34. The molecule has 0 saturated carbocycles. The van der Waals surface area contributed by atoms with Crippen LogP contribution >= 0.6 is 0 Å². The summed E-state index contributed by atoms with van der Waals surface area (Å²) >= 11 is 0. The number of rotatable bonds is 6. The first kappa shape index (κ1) is 15.1. The summed E-state index contributed by atoms with van der Waals surface area (Å²) in [7, 11) is 0. The molecule has 3 nitrogen and oxygen atoms in total. The summed E-state index contributed by atoms with van der Waals surface area (Å²) in [5.74, 6) is 6.82. The molecule has 1 aromatic carbocycles. The van der Waals surface area contributed by atoms with Gasteiger partial charge < -0.3 is 4.74 Å². The van der Waals surface area contributed by atoms with E-state index in [1.807, 2.05) is 6.26 Å². The van der Waals surface area contributed by atoms with Crippen molar-refractivity contribution in [2.75, 3.05) is 6.61 Å². The Balaban J connectivity index is 2.31. The highest BCUT2D eigenvalue weighted by atomic mass is 16.5. The lowest BCUT2D eigenvalue weighted by atomic mass is 9.77. The first-order valence-electron chi connectivity index (χ1n) is 7.59. The Bertz CT molecular complexity index is 430. The van der Waals surface area contributed by atoms with Crippen molar-refractivity contribution >= 4 is 0 Å². The fraction of sp³-hybridized carbons (Fsp3) is 0.529. The topological polar surface area (TPSA) is 47.3 Å². The van der Waals surface area contributed by atoms with Crippen molar-refractivity contribution in [1.29, 1.82) is 0 Å². The van der Waals surface area contributed by atoms with Crippen LogP contribution in [-0.2, 0) is 4.74 Å². The van der Waals surface area contributed by atoms with Crippen LogP contribution in [0.5, 0.6) is 0 Å². The maximum atomic E-state index is 5.89. The summed E-state index contributed by atoms with van der Waals surface area (Å²) in [4.78, 5) is 0. The number of hydrogen-bond acceptors (Lipinski definition) is 3. The molecule has 0 bridgehead atoms.